The average molecular weight is 294 g/mol. The Labute approximate surface area is 112 Å². The van der Waals surface area contributed by atoms with Crippen molar-refractivity contribution in [1.29, 1.82) is 0 Å². The molecule has 0 aliphatic carbocycles. The second-order valence-electron chi connectivity index (χ2n) is 4.20. The van der Waals surface area contributed by atoms with E-state index in [0.29, 0.717) is 38.4 Å². The molecule has 2 heterocycles. The van der Waals surface area contributed by atoms with Crippen LogP contribution in [0.1, 0.15) is 12.1 Å². The van der Waals surface area contributed by atoms with Crippen LogP contribution in [0, 0.1) is 6.92 Å². The van der Waals surface area contributed by atoms with Gasteiger partial charge in [-0.1, -0.05) is 11.6 Å². The number of hydrogen-bond acceptors (Lipinski definition) is 4. The molecule has 0 spiro atoms. The van der Waals surface area contributed by atoms with Crippen molar-refractivity contribution in [3.63, 3.8) is 0 Å². The van der Waals surface area contributed by atoms with E-state index in [1.165, 1.54) is 8.99 Å². The average Bonchev–Trinajstić information content (AvgIpc) is 2.51. The third kappa shape index (κ3) is 2.40. The van der Waals surface area contributed by atoms with E-state index in [4.69, 9.17) is 16.3 Å². The summed E-state index contributed by atoms with van der Waals surface area (Å²) in [5.41, 5.74) is 0.424. The van der Waals surface area contributed by atoms with Crippen LogP contribution < -0.4 is 0 Å². The van der Waals surface area contributed by atoms with E-state index in [-0.39, 0.29) is 10.0 Å². The van der Waals surface area contributed by atoms with Gasteiger partial charge in [0.1, 0.15) is 10.0 Å². The third-order valence-electron chi connectivity index (χ3n) is 2.88. The van der Waals surface area contributed by atoms with Gasteiger partial charge in [-0.05, 0) is 13.3 Å². The maximum absolute atomic E-state index is 12.5. The molecule has 1 aromatic heterocycles. The standard InChI is InChI=1S/C10H16ClN3O3S/c1-8-9(10(11)13(2)12-8)18(15,16)14-4-3-6-17-7-5-14/h3-7H2,1-2H3. The normalized spacial score (nSPS) is 18.8. The van der Waals surface area contributed by atoms with Gasteiger partial charge in [0, 0.05) is 26.7 Å². The summed E-state index contributed by atoms with van der Waals surface area (Å²) in [6, 6.07) is 0. The fourth-order valence-electron chi connectivity index (χ4n) is 2.00. The number of aromatic nitrogens is 2. The van der Waals surface area contributed by atoms with E-state index < -0.39 is 10.0 Å². The van der Waals surface area contributed by atoms with Crippen LogP contribution in [-0.2, 0) is 21.8 Å². The van der Waals surface area contributed by atoms with Crippen LogP contribution in [0.5, 0.6) is 0 Å². The van der Waals surface area contributed by atoms with E-state index in [9.17, 15) is 8.42 Å². The highest BCUT2D eigenvalue weighted by molar-refractivity contribution is 7.89. The molecule has 0 radical (unpaired) electrons. The van der Waals surface area contributed by atoms with Crippen molar-refractivity contribution in [2.24, 2.45) is 7.05 Å². The van der Waals surface area contributed by atoms with Gasteiger partial charge in [-0.15, -0.1) is 0 Å². The van der Waals surface area contributed by atoms with Crippen molar-refractivity contribution < 1.29 is 13.2 Å². The number of aryl methyl sites for hydroxylation is 2. The molecule has 1 aliphatic rings. The third-order valence-corrected chi connectivity index (χ3v) is 5.47. The molecule has 1 aliphatic heterocycles. The number of hydrogen-bond donors (Lipinski definition) is 0. The molecule has 102 valence electrons. The number of halogens is 1. The second-order valence-corrected chi connectivity index (χ2v) is 6.43. The zero-order valence-corrected chi connectivity index (χ0v) is 12.0. The Morgan fingerprint density at radius 3 is 2.67 bits per heavy atom. The van der Waals surface area contributed by atoms with Crippen LogP contribution in [-0.4, -0.2) is 48.8 Å². The Hall–Kier alpha value is -0.630. The Kier molecular flexibility index (Phi) is 3.96. The van der Waals surface area contributed by atoms with Crippen molar-refractivity contribution in [3.8, 4) is 0 Å². The summed E-state index contributed by atoms with van der Waals surface area (Å²) < 4.78 is 33.1. The number of nitrogens with zero attached hydrogens (tertiary/aromatic N) is 3. The first kappa shape index (κ1) is 13.8. The predicted octanol–water partition coefficient (Wildman–Crippen LogP) is 0.793. The van der Waals surface area contributed by atoms with Crippen LogP contribution in [0.3, 0.4) is 0 Å². The maximum Gasteiger partial charge on any atom is 0.248 e. The van der Waals surface area contributed by atoms with Gasteiger partial charge in [0.25, 0.3) is 0 Å². The molecule has 8 heteroatoms. The summed E-state index contributed by atoms with van der Waals surface area (Å²) in [6.45, 7) is 3.45. The Balaban J connectivity index is 2.40. The monoisotopic (exact) mass is 293 g/mol. The molecule has 2 rings (SSSR count). The Morgan fingerprint density at radius 1 is 1.33 bits per heavy atom. The minimum Gasteiger partial charge on any atom is -0.380 e. The summed E-state index contributed by atoms with van der Waals surface area (Å²) >= 11 is 6.02. The van der Waals surface area contributed by atoms with E-state index in [1.807, 2.05) is 0 Å². The van der Waals surface area contributed by atoms with Crippen LogP contribution in [0.25, 0.3) is 0 Å². The summed E-state index contributed by atoms with van der Waals surface area (Å²) in [5, 5.41) is 4.19. The molecule has 0 unspecified atom stereocenters. The Morgan fingerprint density at radius 2 is 2.06 bits per heavy atom. The summed E-state index contributed by atoms with van der Waals surface area (Å²) in [4.78, 5) is 0.105. The zero-order chi connectivity index (χ0) is 13.3. The van der Waals surface area contributed by atoms with E-state index >= 15 is 0 Å². The van der Waals surface area contributed by atoms with Crippen LogP contribution in [0.15, 0.2) is 4.90 Å². The van der Waals surface area contributed by atoms with Crippen molar-refractivity contribution >= 4 is 21.6 Å². The largest absolute Gasteiger partial charge is 0.380 e. The molecule has 0 atom stereocenters. The van der Waals surface area contributed by atoms with Crippen molar-refractivity contribution in [2.45, 2.75) is 18.2 Å². The fourth-order valence-corrected chi connectivity index (χ4v) is 4.16. The van der Waals surface area contributed by atoms with Gasteiger partial charge in [0.15, 0.2) is 0 Å². The second kappa shape index (κ2) is 5.16. The van der Waals surface area contributed by atoms with Crippen LogP contribution in [0.4, 0.5) is 0 Å². The predicted molar refractivity (Wildman–Crippen MR) is 67.1 cm³/mol. The molecular formula is C10H16ClN3O3S. The maximum atomic E-state index is 12.5. The van der Waals surface area contributed by atoms with E-state index in [2.05, 4.69) is 5.10 Å². The highest BCUT2D eigenvalue weighted by atomic mass is 35.5. The number of sulfonamides is 1. The molecule has 0 amide bonds. The first-order valence-corrected chi connectivity index (χ1v) is 7.53. The number of rotatable bonds is 2. The molecule has 1 aromatic rings. The minimum absolute atomic E-state index is 0.105. The highest BCUT2D eigenvalue weighted by Gasteiger charge is 2.31. The van der Waals surface area contributed by atoms with E-state index in [1.54, 1.807) is 14.0 Å². The Bertz CT molecular complexity index is 533. The van der Waals surface area contributed by atoms with Gasteiger partial charge in [-0.2, -0.15) is 9.40 Å². The molecule has 0 aromatic carbocycles. The molecule has 6 nitrogen and oxygen atoms in total. The van der Waals surface area contributed by atoms with Gasteiger partial charge in [0.2, 0.25) is 10.0 Å². The lowest BCUT2D eigenvalue weighted by molar-refractivity contribution is 0.148. The smallest absolute Gasteiger partial charge is 0.248 e. The molecule has 0 saturated carbocycles. The van der Waals surface area contributed by atoms with Gasteiger partial charge < -0.3 is 4.74 Å². The van der Waals surface area contributed by atoms with Gasteiger partial charge in [0.05, 0.1) is 12.3 Å². The van der Waals surface area contributed by atoms with Crippen molar-refractivity contribution in [2.75, 3.05) is 26.3 Å². The molecule has 1 fully saturated rings. The zero-order valence-electron chi connectivity index (χ0n) is 10.4. The molecule has 1 saturated heterocycles. The minimum atomic E-state index is -3.59. The molecule has 0 N–H and O–H groups in total. The lowest BCUT2D eigenvalue weighted by Crippen LogP contribution is -2.33. The van der Waals surface area contributed by atoms with Gasteiger partial charge >= 0.3 is 0 Å². The lowest BCUT2D eigenvalue weighted by Gasteiger charge is -2.18. The fraction of sp³-hybridized carbons (Fsp3) is 0.700. The topological polar surface area (TPSA) is 64.4 Å². The lowest BCUT2D eigenvalue weighted by atomic mass is 10.5. The first-order chi connectivity index (χ1) is 8.44. The first-order valence-electron chi connectivity index (χ1n) is 5.71. The van der Waals surface area contributed by atoms with Gasteiger partial charge in [-0.25, -0.2) is 8.42 Å². The highest BCUT2D eigenvalue weighted by Crippen LogP contribution is 2.27. The summed E-state index contributed by atoms with van der Waals surface area (Å²) in [6.07, 6.45) is 0.691. The molecule has 0 bridgehead atoms. The van der Waals surface area contributed by atoms with Gasteiger partial charge in [-0.3, -0.25) is 4.68 Å². The molecular weight excluding hydrogens is 278 g/mol. The number of ether oxygens (including phenoxy) is 1. The summed E-state index contributed by atoms with van der Waals surface area (Å²) in [7, 11) is -1.96. The van der Waals surface area contributed by atoms with Crippen molar-refractivity contribution in [1.82, 2.24) is 14.1 Å². The quantitative estimate of drug-likeness (QED) is 0.809. The van der Waals surface area contributed by atoms with E-state index in [0.717, 1.165) is 0 Å². The SMILES string of the molecule is Cc1nn(C)c(Cl)c1S(=O)(=O)N1CCCOCC1. The van der Waals surface area contributed by atoms with Crippen molar-refractivity contribution in [3.05, 3.63) is 10.8 Å². The molecule has 18 heavy (non-hydrogen) atoms. The van der Waals surface area contributed by atoms with Crippen LogP contribution >= 0.6 is 11.6 Å². The van der Waals surface area contributed by atoms with Crippen LogP contribution in [0.2, 0.25) is 5.15 Å². The summed E-state index contributed by atoms with van der Waals surface area (Å²) in [5.74, 6) is 0.